The third-order valence-electron chi connectivity index (χ3n) is 2.24. The molecule has 1 aromatic carbocycles. The van der Waals surface area contributed by atoms with Crippen LogP contribution in [0.3, 0.4) is 0 Å². The maximum atomic E-state index is 12.3. The Hall–Kier alpha value is -1.24. The van der Waals surface area contributed by atoms with Gasteiger partial charge in [-0.3, -0.25) is 4.79 Å². The van der Waals surface area contributed by atoms with E-state index in [0.29, 0.717) is 6.54 Å². The molecule has 7 heteroatoms. The standard InChI is InChI=1S/C12H13BrF3NO2/c1-2-3-7-17-11(18)10-8(13)5-4-6-9(10)19-12(14,15)16/h4-6H,2-3,7H2,1H3,(H,17,18). The Labute approximate surface area is 117 Å². The van der Waals surface area contributed by atoms with Gasteiger partial charge in [0.15, 0.2) is 0 Å². The molecular formula is C12H13BrF3NO2. The van der Waals surface area contributed by atoms with Gasteiger partial charge in [-0.1, -0.05) is 19.4 Å². The first kappa shape index (κ1) is 15.8. The topological polar surface area (TPSA) is 38.3 Å². The maximum absolute atomic E-state index is 12.3. The lowest BCUT2D eigenvalue weighted by Gasteiger charge is -2.14. The minimum Gasteiger partial charge on any atom is -0.405 e. The maximum Gasteiger partial charge on any atom is 0.573 e. The second-order valence-corrected chi connectivity index (χ2v) is 4.62. The fourth-order valence-corrected chi connectivity index (χ4v) is 1.93. The van der Waals surface area contributed by atoms with Gasteiger partial charge in [0.25, 0.3) is 5.91 Å². The number of alkyl halides is 3. The zero-order valence-corrected chi connectivity index (χ0v) is 11.8. The van der Waals surface area contributed by atoms with Crippen molar-refractivity contribution in [1.82, 2.24) is 5.32 Å². The number of carbonyl (C=O) groups is 1. The van der Waals surface area contributed by atoms with E-state index in [9.17, 15) is 18.0 Å². The van der Waals surface area contributed by atoms with Crippen LogP contribution in [0.15, 0.2) is 22.7 Å². The van der Waals surface area contributed by atoms with Gasteiger partial charge < -0.3 is 10.1 Å². The van der Waals surface area contributed by atoms with Crippen LogP contribution in [0.5, 0.6) is 5.75 Å². The smallest absolute Gasteiger partial charge is 0.405 e. The van der Waals surface area contributed by atoms with Crippen LogP contribution in [0.25, 0.3) is 0 Å². The second-order valence-electron chi connectivity index (χ2n) is 3.77. The molecule has 0 heterocycles. The molecule has 106 valence electrons. The van der Waals surface area contributed by atoms with E-state index in [1.807, 2.05) is 6.92 Å². The van der Waals surface area contributed by atoms with E-state index in [1.165, 1.54) is 12.1 Å². The molecule has 0 unspecified atom stereocenters. The van der Waals surface area contributed by atoms with E-state index in [2.05, 4.69) is 26.0 Å². The van der Waals surface area contributed by atoms with Crippen molar-refractivity contribution in [2.45, 2.75) is 26.1 Å². The summed E-state index contributed by atoms with van der Waals surface area (Å²) in [6.45, 7) is 2.35. The van der Waals surface area contributed by atoms with Gasteiger partial charge in [0.1, 0.15) is 5.75 Å². The Balaban J connectivity index is 2.94. The van der Waals surface area contributed by atoms with Gasteiger partial charge in [-0.05, 0) is 34.5 Å². The molecule has 1 rings (SSSR count). The van der Waals surface area contributed by atoms with E-state index in [0.717, 1.165) is 18.9 Å². The zero-order valence-electron chi connectivity index (χ0n) is 10.2. The van der Waals surface area contributed by atoms with Crippen molar-refractivity contribution in [3.63, 3.8) is 0 Å². The highest BCUT2D eigenvalue weighted by Crippen LogP contribution is 2.31. The van der Waals surface area contributed by atoms with Gasteiger partial charge in [-0.2, -0.15) is 0 Å². The number of hydrogen-bond donors (Lipinski definition) is 1. The molecule has 0 fully saturated rings. The minimum atomic E-state index is -4.83. The first-order valence-electron chi connectivity index (χ1n) is 5.67. The predicted octanol–water partition coefficient (Wildman–Crippen LogP) is 3.88. The summed E-state index contributed by atoms with van der Waals surface area (Å²) in [6.07, 6.45) is -3.20. The van der Waals surface area contributed by atoms with Crippen LogP contribution < -0.4 is 10.1 Å². The molecule has 0 radical (unpaired) electrons. The van der Waals surface area contributed by atoms with E-state index in [-0.39, 0.29) is 10.0 Å². The van der Waals surface area contributed by atoms with E-state index in [4.69, 9.17) is 0 Å². The molecule has 3 nitrogen and oxygen atoms in total. The molecular weight excluding hydrogens is 327 g/mol. The molecule has 0 aliphatic heterocycles. The van der Waals surface area contributed by atoms with Gasteiger partial charge in [-0.15, -0.1) is 13.2 Å². The first-order valence-corrected chi connectivity index (χ1v) is 6.47. The summed E-state index contributed by atoms with van der Waals surface area (Å²) in [5, 5.41) is 2.55. The van der Waals surface area contributed by atoms with Gasteiger partial charge >= 0.3 is 6.36 Å². The highest BCUT2D eigenvalue weighted by molar-refractivity contribution is 9.10. The number of nitrogens with one attached hydrogen (secondary N) is 1. The molecule has 19 heavy (non-hydrogen) atoms. The number of ether oxygens (including phenoxy) is 1. The van der Waals surface area contributed by atoms with Crippen molar-refractivity contribution in [3.05, 3.63) is 28.2 Å². The van der Waals surface area contributed by atoms with Crippen LogP contribution in [0.2, 0.25) is 0 Å². The van der Waals surface area contributed by atoms with Crippen LogP contribution in [0, 0.1) is 0 Å². The summed E-state index contributed by atoms with van der Waals surface area (Å²) < 4.78 is 40.9. The molecule has 0 saturated heterocycles. The van der Waals surface area contributed by atoms with Crippen LogP contribution in [0.1, 0.15) is 30.1 Å². The fourth-order valence-electron chi connectivity index (χ4n) is 1.40. The lowest BCUT2D eigenvalue weighted by molar-refractivity contribution is -0.274. The molecule has 1 N–H and O–H groups in total. The van der Waals surface area contributed by atoms with Crippen LogP contribution in [-0.4, -0.2) is 18.8 Å². The van der Waals surface area contributed by atoms with Crippen molar-refractivity contribution in [3.8, 4) is 5.75 Å². The van der Waals surface area contributed by atoms with Gasteiger partial charge in [0.2, 0.25) is 0 Å². The molecule has 1 amide bonds. The van der Waals surface area contributed by atoms with Crippen LogP contribution in [-0.2, 0) is 0 Å². The van der Waals surface area contributed by atoms with Crippen molar-refractivity contribution in [1.29, 1.82) is 0 Å². The van der Waals surface area contributed by atoms with Crippen molar-refractivity contribution >= 4 is 21.8 Å². The summed E-state index contributed by atoms with van der Waals surface area (Å²) >= 11 is 3.06. The van der Waals surface area contributed by atoms with Gasteiger partial charge in [0.05, 0.1) is 5.56 Å². The van der Waals surface area contributed by atoms with E-state index >= 15 is 0 Å². The lowest BCUT2D eigenvalue weighted by Crippen LogP contribution is -2.27. The monoisotopic (exact) mass is 339 g/mol. The second kappa shape index (κ2) is 6.79. The Kier molecular flexibility index (Phi) is 5.65. The third kappa shape index (κ3) is 5.10. The van der Waals surface area contributed by atoms with Crippen molar-refractivity contribution in [2.75, 3.05) is 6.54 Å². The molecule has 0 saturated carbocycles. The molecule has 0 bridgehead atoms. The average Bonchev–Trinajstić information content (AvgIpc) is 2.27. The molecule has 0 atom stereocenters. The summed E-state index contributed by atoms with van der Waals surface area (Å²) in [4.78, 5) is 11.9. The average molecular weight is 340 g/mol. The predicted molar refractivity (Wildman–Crippen MR) is 68.1 cm³/mol. The van der Waals surface area contributed by atoms with E-state index < -0.39 is 18.0 Å². The molecule has 0 spiro atoms. The number of amides is 1. The highest BCUT2D eigenvalue weighted by Gasteiger charge is 2.33. The lowest BCUT2D eigenvalue weighted by atomic mass is 10.2. The summed E-state index contributed by atoms with van der Waals surface area (Å²) in [6, 6.07) is 3.96. The summed E-state index contributed by atoms with van der Waals surface area (Å²) in [5.41, 5.74) is -0.157. The number of benzene rings is 1. The minimum absolute atomic E-state index is 0.157. The highest BCUT2D eigenvalue weighted by atomic mass is 79.9. The van der Waals surface area contributed by atoms with Gasteiger partial charge in [-0.25, -0.2) is 0 Å². The quantitative estimate of drug-likeness (QED) is 0.827. The summed E-state index contributed by atoms with van der Waals surface area (Å²) in [7, 11) is 0. The van der Waals surface area contributed by atoms with E-state index in [1.54, 1.807) is 0 Å². The Morgan fingerprint density at radius 1 is 1.42 bits per heavy atom. The Morgan fingerprint density at radius 3 is 2.68 bits per heavy atom. The first-order chi connectivity index (χ1) is 8.85. The largest absolute Gasteiger partial charge is 0.573 e. The third-order valence-corrected chi connectivity index (χ3v) is 2.90. The number of halogens is 4. The fraction of sp³-hybridized carbons (Fsp3) is 0.417. The number of hydrogen-bond acceptors (Lipinski definition) is 2. The number of rotatable bonds is 5. The number of carbonyl (C=O) groups excluding carboxylic acids is 1. The molecule has 0 aliphatic rings. The molecule has 0 aliphatic carbocycles. The summed E-state index contributed by atoms with van der Waals surface area (Å²) in [5.74, 6) is -1.11. The molecule has 1 aromatic rings. The SMILES string of the molecule is CCCCNC(=O)c1c(Br)cccc1OC(F)(F)F. The van der Waals surface area contributed by atoms with Gasteiger partial charge in [0, 0.05) is 11.0 Å². The zero-order chi connectivity index (χ0) is 14.5. The molecule has 0 aromatic heterocycles. The normalized spacial score (nSPS) is 11.2. The van der Waals surface area contributed by atoms with Crippen LogP contribution in [0.4, 0.5) is 13.2 Å². The Morgan fingerprint density at radius 2 is 2.11 bits per heavy atom. The van der Waals surface area contributed by atoms with Crippen LogP contribution >= 0.6 is 15.9 Å². The van der Waals surface area contributed by atoms with Crippen molar-refractivity contribution < 1.29 is 22.7 Å². The number of unbranched alkanes of at least 4 members (excludes halogenated alkanes) is 1. The Bertz CT molecular complexity index is 449. The van der Waals surface area contributed by atoms with Crippen molar-refractivity contribution in [2.24, 2.45) is 0 Å².